The highest BCUT2D eigenvalue weighted by Gasteiger charge is 2.66. The predicted molar refractivity (Wildman–Crippen MR) is 201 cm³/mol. The van der Waals surface area contributed by atoms with Crippen molar-refractivity contribution in [3.8, 4) is 11.5 Å². The van der Waals surface area contributed by atoms with Gasteiger partial charge < -0.3 is 9.84 Å². The van der Waals surface area contributed by atoms with Crippen molar-refractivity contribution in [1.29, 1.82) is 0 Å². The van der Waals surface area contributed by atoms with Gasteiger partial charge in [0.2, 0.25) is 0 Å². The summed E-state index contributed by atoms with van der Waals surface area (Å²) in [6.45, 7) is 0. The number of Topliss-reactive ketones (excluding diaryl/α,β-unsaturated/α-hetero) is 1. The second kappa shape index (κ2) is 13.6. The van der Waals surface area contributed by atoms with Crippen LogP contribution in [0.2, 0.25) is 10.0 Å². The maximum absolute atomic E-state index is 15.2. The zero-order valence-electron chi connectivity index (χ0n) is 29.8. The zero-order chi connectivity index (χ0) is 39.8. The summed E-state index contributed by atoms with van der Waals surface area (Å²) in [7, 11) is 2.59. The zero-order valence-corrected chi connectivity index (χ0v) is 31.3. The topological polar surface area (TPSA) is 117 Å². The molecule has 4 aromatic rings. The Balaban J connectivity index is 1.33. The van der Waals surface area contributed by atoms with Crippen LogP contribution in [0.3, 0.4) is 0 Å². The van der Waals surface area contributed by atoms with E-state index < -0.39 is 64.5 Å². The van der Waals surface area contributed by atoms with Gasteiger partial charge in [0.15, 0.2) is 28.9 Å². The number of nitrogens with zero attached hydrogens (tertiary/aromatic N) is 3. The van der Waals surface area contributed by atoms with Crippen LogP contribution in [0, 0.1) is 23.7 Å². The number of aromatic hydroxyl groups is 1. The number of ketones is 2. The van der Waals surface area contributed by atoms with Gasteiger partial charge in [-0.15, -0.1) is 0 Å². The molecule has 8 rings (SSSR count). The summed E-state index contributed by atoms with van der Waals surface area (Å²) in [6, 6.07) is 22.4. The Labute approximate surface area is 329 Å². The quantitative estimate of drug-likeness (QED) is 0.154. The van der Waals surface area contributed by atoms with E-state index >= 15 is 9.59 Å². The standard InChI is InChI=1S/C42H32Cl2F3N3O6/c1-49(38-29(43)15-16-32(48-38)42(45,46)47)50-39(54)25-14-13-24-27(34(25)40(50)55)19-28-36(52)26(21-9-5-3-6-10-21)20-33(51)41(28,23-11-7-4-8-12-23)35(24)22-17-30(44)37(53)31(18-22)56-2/h3-13,15-18,20,25,27-28,34-35,53H,14,19H2,1-2H3. The summed E-state index contributed by atoms with van der Waals surface area (Å²) < 4.78 is 46.6. The average Bonchev–Trinajstić information content (AvgIpc) is 3.45. The summed E-state index contributed by atoms with van der Waals surface area (Å²) in [5.74, 6) is -7.70. The molecule has 6 atom stereocenters. The molecular weight excluding hydrogens is 770 g/mol. The number of hydrogen-bond acceptors (Lipinski definition) is 8. The Hall–Kier alpha value is -5.46. The number of carbonyl (C=O) groups is 4. The minimum Gasteiger partial charge on any atom is -0.503 e. The van der Waals surface area contributed by atoms with Gasteiger partial charge in [0.25, 0.3) is 11.8 Å². The van der Waals surface area contributed by atoms with Crippen LogP contribution >= 0.6 is 23.2 Å². The Kier molecular flexibility index (Phi) is 9.12. The Morgan fingerprint density at radius 1 is 0.911 bits per heavy atom. The van der Waals surface area contributed by atoms with Crippen molar-refractivity contribution in [2.75, 3.05) is 19.2 Å². The molecule has 1 saturated heterocycles. The van der Waals surface area contributed by atoms with Gasteiger partial charge in [-0.3, -0.25) is 24.2 Å². The Morgan fingerprint density at radius 2 is 1.59 bits per heavy atom. The number of benzene rings is 3. The molecule has 1 aliphatic heterocycles. The Bertz CT molecular complexity index is 2390. The number of imide groups is 1. The van der Waals surface area contributed by atoms with E-state index in [1.165, 1.54) is 26.3 Å². The lowest BCUT2D eigenvalue weighted by molar-refractivity contribution is -0.141. The van der Waals surface area contributed by atoms with Crippen molar-refractivity contribution < 1.29 is 42.2 Å². The SMILES string of the molecule is COc1cc(C2C3=CCC4C(=O)N(N(C)c5nc(C(F)(F)F)ccc5Cl)C(=O)C4C3CC3C(=O)C(c4ccccc4)=CC(=O)C32c2ccccc2)cc(Cl)c1O. The van der Waals surface area contributed by atoms with E-state index in [4.69, 9.17) is 27.9 Å². The number of allylic oxidation sites excluding steroid dienone is 4. The summed E-state index contributed by atoms with van der Waals surface area (Å²) >= 11 is 12.9. The van der Waals surface area contributed by atoms with E-state index in [1.54, 1.807) is 66.7 Å². The third kappa shape index (κ3) is 5.55. The number of aromatic nitrogens is 1. The third-order valence-corrected chi connectivity index (χ3v) is 12.3. The van der Waals surface area contributed by atoms with Gasteiger partial charge in [-0.1, -0.05) is 95.5 Å². The average molecular weight is 803 g/mol. The highest BCUT2D eigenvalue weighted by Crippen LogP contribution is 2.64. The number of alkyl halides is 3. The van der Waals surface area contributed by atoms with Crippen LogP contribution in [0.1, 0.15) is 41.1 Å². The largest absolute Gasteiger partial charge is 0.503 e. The van der Waals surface area contributed by atoms with Gasteiger partial charge >= 0.3 is 6.18 Å². The number of pyridine rings is 1. The first-order valence-corrected chi connectivity index (χ1v) is 18.5. The molecule has 1 aromatic heterocycles. The molecular formula is C42H32Cl2F3N3O6. The number of fused-ring (bicyclic) bond motifs is 4. The normalized spacial score (nSPS) is 25.9. The van der Waals surface area contributed by atoms with Crippen molar-refractivity contribution in [2.24, 2.45) is 23.7 Å². The monoisotopic (exact) mass is 801 g/mol. The number of anilines is 1. The first kappa shape index (κ1) is 37.5. The van der Waals surface area contributed by atoms with Gasteiger partial charge in [-0.2, -0.15) is 18.2 Å². The van der Waals surface area contributed by atoms with Gasteiger partial charge in [-0.05, 0) is 65.8 Å². The molecule has 0 spiro atoms. The molecule has 56 heavy (non-hydrogen) atoms. The van der Waals surface area contributed by atoms with Crippen LogP contribution in [0.5, 0.6) is 11.5 Å². The molecule has 3 aromatic carbocycles. The van der Waals surface area contributed by atoms with E-state index in [0.717, 1.165) is 16.1 Å². The second-order valence-corrected chi connectivity index (χ2v) is 15.2. The molecule has 14 heteroatoms. The number of phenols is 1. The number of carbonyl (C=O) groups excluding carboxylic acids is 4. The fourth-order valence-electron chi connectivity index (χ4n) is 9.36. The molecule has 0 radical (unpaired) electrons. The number of hydrogen-bond donors (Lipinski definition) is 1. The van der Waals surface area contributed by atoms with E-state index in [0.29, 0.717) is 28.3 Å². The predicted octanol–water partition coefficient (Wildman–Crippen LogP) is 8.00. The molecule has 1 saturated carbocycles. The number of halogens is 5. The molecule has 4 aliphatic rings. The molecule has 3 aliphatic carbocycles. The number of amides is 2. The van der Waals surface area contributed by atoms with Crippen molar-refractivity contribution in [3.05, 3.63) is 135 Å². The number of ether oxygens (including phenoxy) is 1. The van der Waals surface area contributed by atoms with Gasteiger partial charge in [0.05, 0.1) is 34.4 Å². The van der Waals surface area contributed by atoms with Crippen molar-refractivity contribution >= 4 is 58.0 Å². The summed E-state index contributed by atoms with van der Waals surface area (Å²) in [5.41, 5.74) is -0.525. The van der Waals surface area contributed by atoms with Gasteiger partial charge in [0.1, 0.15) is 5.69 Å². The highest BCUT2D eigenvalue weighted by atomic mass is 35.5. The summed E-state index contributed by atoms with van der Waals surface area (Å²) in [5, 5.41) is 12.2. The van der Waals surface area contributed by atoms with E-state index in [1.807, 2.05) is 6.08 Å². The Morgan fingerprint density at radius 3 is 2.25 bits per heavy atom. The third-order valence-electron chi connectivity index (χ3n) is 11.7. The van der Waals surface area contributed by atoms with Crippen LogP contribution in [0.25, 0.3) is 5.57 Å². The molecule has 2 fully saturated rings. The lowest BCUT2D eigenvalue weighted by atomic mass is 9.44. The van der Waals surface area contributed by atoms with Gasteiger partial charge in [0, 0.05) is 24.5 Å². The number of hydrazine groups is 1. The molecule has 1 N–H and O–H groups in total. The number of rotatable bonds is 6. The van der Waals surface area contributed by atoms with E-state index in [9.17, 15) is 27.9 Å². The number of phenolic OH excluding ortho intramolecular Hbond substituents is 1. The van der Waals surface area contributed by atoms with Crippen molar-refractivity contribution in [1.82, 2.24) is 9.99 Å². The summed E-state index contributed by atoms with van der Waals surface area (Å²) in [6.07, 6.45) is -1.60. The molecule has 2 amide bonds. The first-order valence-electron chi connectivity index (χ1n) is 17.7. The van der Waals surface area contributed by atoms with Crippen molar-refractivity contribution in [2.45, 2.75) is 30.4 Å². The second-order valence-electron chi connectivity index (χ2n) is 14.4. The van der Waals surface area contributed by atoms with Crippen molar-refractivity contribution in [3.63, 3.8) is 0 Å². The fourth-order valence-corrected chi connectivity index (χ4v) is 9.80. The molecule has 0 bridgehead atoms. The first-order chi connectivity index (χ1) is 26.7. The fraction of sp³-hybridized carbons (Fsp3) is 0.262. The van der Waals surface area contributed by atoms with Crippen LogP contribution in [0.4, 0.5) is 19.0 Å². The lowest BCUT2D eigenvalue weighted by Crippen LogP contribution is -2.59. The smallest absolute Gasteiger partial charge is 0.433 e. The van der Waals surface area contributed by atoms with Crippen LogP contribution in [-0.4, -0.2) is 52.6 Å². The van der Waals surface area contributed by atoms with E-state index in [2.05, 4.69) is 4.98 Å². The van der Waals surface area contributed by atoms with Crippen LogP contribution in [0.15, 0.2) is 103 Å². The van der Waals surface area contributed by atoms with Crippen LogP contribution in [-0.2, 0) is 30.8 Å². The maximum atomic E-state index is 15.2. The van der Waals surface area contributed by atoms with Crippen LogP contribution < -0.4 is 9.75 Å². The van der Waals surface area contributed by atoms with E-state index in [-0.39, 0.29) is 51.5 Å². The minimum atomic E-state index is -4.83. The highest BCUT2D eigenvalue weighted by molar-refractivity contribution is 6.33. The molecule has 2 heterocycles. The molecule has 6 unspecified atom stereocenters. The minimum absolute atomic E-state index is 0.0177. The molecule has 286 valence electrons. The van der Waals surface area contributed by atoms with Gasteiger partial charge in [-0.25, -0.2) is 4.98 Å². The number of methoxy groups -OCH3 is 1. The maximum Gasteiger partial charge on any atom is 0.433 e. The lowest BCUT2D eigenvalue weighted by Gasteiger charge is -2.55. The molecule has 9 nitrogen and oxygen atoms in total. The summed E-state index contributed by atoms with van der Waals surface area (Å²) in [4.78, 5) is 62.9.